The number of aliphatic imine (C=N–C) groups is 1. The summed E-state index contributed by atoms with van der Waals surface area (Å²) in [6.45, 7) is 3.43. The standard InChI is InChI=1S/C23H25N5OS/c1-16-9-11-17(12-10-16)22-27-18(15-29-22)14-26-23(24-2)25-13-5-8-21-28-19-6-3-4-7-20(19)30-21/h3-4,6-7,9-12,15H,5,8,13-14H2,1-2H3,(H2,24,25,26). The Morgan fingerprint density at radius 2 is 1.90 bits per heavy atom. The molecule has 2 N–H and O–H groups in total. The molecule has 0 unspecified atom stereocenters. The molecule has 0 aliphatic carbocycles. The lowest BCUT2D eigenvalue weighted by Gasteiger charge is -2.10. The highest BCUT2D eigenvalue weighted by Crippen LogP contribution is 2.22. The number of hydrogen-bond acceptors (Lipinski definition) is 5. The van der Waals surface area contributed by atoms with Crippen LogP contribution in [0.15, 0.2) is 64.2 Å². The Kier molecular flexibility index (Phi) is 6.39. The summed E-state index contributed by atoms with van der Waals surface area (Å²) in [6, 6.07) is 16.4. The second-order valence-corrected chi connectivity index (χ2v) is 8.16. The van der Waals surface area contributed by atoms with Crippen molar-refractivity contribution in [3.63, 3.8) is 0 Å². The van der Waals surface area contributed by atoms with E-state index in [1.165, 1.54) is 15.3 Å². The minimum Gasteiger partial charge on any atom is -0.444 e. The van der Waals surface area contributed by atoms with Crippen LogP contribution in [0.1, 0.15) is 22.7 Å². The molecule has 0 bridgehead atoms. The maximum absolute atomic E-state index is 5.61. The van der Waals surface area contributed by atoms with E-state index >= 15 is 0 Å². The SMILES string of the molecule is CN=C(NCCCc1nc2ccccc2s1)NCc1coc(-c2ccc(C)cc2)n1. The van der Waals surface area contributed by atoms with E-state index in [9.17, 15) is 0 Å². The van der Waals surface area contributed by atoms with E-state index in [1.807, 2.05) is 18.2 Å². The highest BCUT2D eigenvalue weighted by molar-refractivity contribution is 7.18. The Labute approximate surface area is 180 Å². The van der Waals surface area contributed by atoms with Crippen LogP contribution >= 0.6 is 11.3 Å². The van der Waals surface area contributed by atoms with Crippen molar-refractivity contribution >= 4 is 27.5 Å². The molecule has 4 rings (SSSR count). The number of para-hydroxylation sites is 1. The molecule has 4 aromatic rings. The van der Waals surface area contributed by atoms with Gasteiger partial charge in [-0.1, -0.05) is 29.8 Å². The lowest BCUT2D eigenvalue weighted by atomic mass is 10.1. The summed E-state index contributed by atoms with van der Waals surface area (Å²) in [7, 11) is 1.77. The van der Waals surface area contributed by atoms with Gasteiger partial charge in [-0.15, -0.1) is 11.3 Å². The second-order valence-electron chi connectivity index (χ2n) is 7.04. The first-order valence-electron chi connectivity index (χ1n) is 10.0. The first-order valence-corrected chi connectivity index (χ1v) is 10.8. The lowest BCUT2D eigenvalue weighted by molar-refractivity contribution is 0.572. The van der Waals surface area contributed by atoms with Crippen molar-refractivity contribution in [2.24, 2.45) is 4.99 Å². The van der Waals surface area contributed by atoms with Gasteiger partial charge in [-0.05, 0) is 37.6 Å². The second kappa shape index (κ2) is 9.54. The van der Waals surface area contributed by atoms with Gasteiger partial charge in [0.1, 0.15) is 6.26 Å². The van der Waals surface area contributed by atoms with E-state index in [1.54, 1.807) is 24.6 Å². The molecule has 0 amide bonds. The minimum absolute atomic E-state index is 0.549. The maximum atomic E-state index is 5.61. The first kappa shape index (κ1) is 20.1. The molecule has 2 heterocycles. The van der Waals surface area contributed by atoms with Crippen LogP contribution in [0.4, 0.5) is 0 Å². The van der Waals surface area contributed by atoms with Crippen LogP contribution in [0.2, 0.25) is 0 Å². The van der Waals surface area contributed by atoms with Crippen molar-refractivity contribution in [3.05, 3.63) is 71.1 Å². The summed E-state index contributed by atoms with van der Waals surface area (Å²) < 4.78 is 6.86. The first-order chi connectivity index (χ1) is 14.7. The van der Waals surface area contributed by atoms with Crippen molar-refractivity contribution in [2.75, 3.05) is 13.6 Å². The van der Waals surface area contributed by atoms with Gasteiger partial charge < -0.3 is 15.1 Å². The maximum Gasteiger partial charge on any atom is 0.226 e. The molecule has 0 saturated heterocycles. The molecule has 0 aliphatic rings. The van der Waals surface area contributed by atoms with Crippen molar-refractivity contribution < 1.29 is 4.42 Å². The topological polar surface area (TPSA) is 75.3 Å². The summed E-state index contributed by atoms with van der Waals surface area (Å²) in [5.74, 6) is 1.38. The summed E-state index contributed by atoms with van der Waals surface area (Å²) in [5, 5.41) is 7.80. The fourth-order valence-corrected chi connectivity index (χ4v) is 4.09. The van der Waals surface area contributed by atoms with E-state index in [4.69, 9.17) is 4.42 Å². The van der Waals surface area contributed by atoms with Crippen LogP contribution in [-0.4, -0.2) is 29.5 Å². The number of rotatable bonds is 7. The number of thiazole rings is 1. The molecule has 6 nitrogen and oxygen atoms in total. The van der Waals surface area contributed by atoms with Gasteiger partial charge in [0.25, 0.3) is 0 Å². The molecule has 2 aromatic carbocycles. The molecular formula is C23H25N5OS. The fourth-order valence-electron chi connectivity index (χ4n) is 3.09. The normalized spacial score (nSPS) is 11.7. The Morgan fingerprint density at radius 3 is 2.70 bits per heavy atom. The van der Waals surface area contributed by atoms with Crippen LogP contribution in [0.25, 0.3) is 21.7 Å². The predicted octanol–water partition coefficient (Wildman–Crippen LogP) is 4.56. The molecule has 0 radical (unpaired) electrons. The molecule has 0 aliphatic heterocycles. The van der Waals surface area contributed by atoms with Gasteiger partial charge in [0.05, 0.1) is 27.5 Å². The van der Waals surface area contributed by atoms with E-state index in [2.05, 4.69) is 62.8 Å². The average Bonchev–Trinajstić information content (AvgIpc) is 3.40. The zero-order chi connectivity index (χ0) is 20.8. The number of hydrogen-bond donors (Lipinski definition) is 2. The Bertz CT molecular complexity index is 1100. The molecular weight excluding hydrogens is 394 g/mol. The summed E-state index contributed by atoms with van der Waals surface area (Å²) in [4.78, 5) is 13.5. The highest BCUT2D eigenvalue weighted by atomic mass is 32.1. The number of nitrogens with zero attached hydrogens (tertiary/aromatic N) is 3. The van der Waals surface area contributed by atoms with Gasteiger partial charge in [0, 0.05) is 25.6 Å². The van der Waals surface area contributed by atoms with Crippen molar-refractivity contribution in [1.82, 2.24) is 20.6 Å². The zero-order valence-electron chi connectivity index (χ0n) is 17.2. The largest absolute Gasteiger partial charge is 0.444 e. The fraction of sp³-hybridized carbons (Fsp3) is 0.261. The van der Waals surface area contributed by atoms with Gasteiger partial charge in [0.2, 0.25) is 5.89 Å². The van der Waals surface area contributed by atoms with Crippen molar-refractivity contribution in [1.29, 1.82) is 0 Å². The van der Waals surface area contributed by atoms with Crippen LogP contribution in [0.5, 0.6) is 0 Å². The minimum atomic E-state index is 0.549. The van der Waals surface area contributed by atoms with Gasteiger partial charge >= 0.3 is 0 Å². The summed E-state index contributed by atoms with van der Waals surface area (Å²) in [6.07, 6.45) is 3.62. The molecule has 0 saturated carbocycles. The smallest absolute Gasteiger partial charge is 0.226 e. The third kappa shape index (κ3) is 5.04. The molecule has 154 valence electrons. The number of aryl methyl sites for hydroxylation is 2. The number of aromatic nitrogens is 2. The lowest BCUT2D eigenvalue weighted by Crippen LogP contribution is -2.37. The van der Waals surface area contributed by atoms with E-state index in [0.717, 1.165) is 42.1 Å². The monoisotopic (exact) mass is 419 g/mol. The zero-order valence-corrected chi connectivity index (χ0v) is 18.0. The van der Waals surface area contributed by atoms with Crippen LogP contribution < -0.4 is 10.6 Å². The molecule has 0 atom stereocenters. The molecule has 7 heteroatoms. The van der Waals surface area contributed by atoms with Crippen molar-refractivity contribution in [3.8, 4) is 11.5 Å². The number of fused-ring (bicyclic) bond motifs is 1. The highest BCUT2D eigenvalue weighted by Gasteiger charge is 2.08. The number of nitrogens with one attached hydrogen (secondary N) is 2. The third-order valence-electron chi connectivity index (χ3n) is 4.71. The van der Waals surface area contributed by atoms with Gasteiger partial charge in [-0.3, -0.25) is 4.99 Å². The molecule has 30 heavy (non-hydrogen) atoms. The Balaban J connectivity index is 1.22. The van der Waals surface area contributed by atoms with Gasteiger partial charge in [0.15, 0.2) is 5.96 Å². The summed E-state index contributed by atoms with van der Waals surface area (Å²) in [5.41, 5.74) is 4.11. The number of guanidine groups is 1. The van der Waals surface area contributed by atoms with Crippen LogP contribution in [0.3, 0.4) is 0 Å². The summed E-state index contributed by atoms with van der Waals surface area (Å²) >= 11 is 1.77. The van der Waals surface area contributed by atoms with Crippen LogP contribution in [0, 0.1) is 6.92 Å². The molecule has 2 aromatic heterocycles. The van der Waals surface area contributed by atoms with E-state index < -0.39 is 0 Å². The van der Waals surface area contributed by atoms with Crippen LogP contribution in [-0.2, 0) is 13.0 Å². The van der Waals surface area contributed by atoms with Gasteiger partial charge in [-0.2, -0.15) is 0 Å². The number of oxazole rings is 1. The predicted molar refractivity (Wildman–Crippen MR) is 123 cm³/mol. The third-order valence-corrected chi connectivity index (χ3v) is 5.81. The Morgan fingerprint density at radius 1 is 1.07 bits per heavy atom. The van der Waals surface area contributed by atoms with E-state index in [0.29, 0.717) is 12.4 Å². The quantitative estimate of drug-likeness (QED) is 0.261. The van der Waals surface area contributed by atoms with E-state index in [-0.39, 0.29) is 0 Å². The van der Waals surface area contributed by atoms with Gasteiger partial charge in [-0.25, -0.2) is 9.97 Å². The van der Waals surface area contributed by atoms with Crippen molar-refractivity contribution in [2.45, 2.75) is 26.3 Å². The number of benzene rings is 2. The Hall–Kier alpha value is -3.19. The molecule has 0 fully saturated rings. The molecule has 0 spiro atoms. The average molecular weight is 420 g/mol.